The summed E-state index contributed by atoms with van der Waals surface area (Å²) in [6.45, 7) is 1.20. The van der Waals surface area contributed by atoms with E-state index in [1.807, 2.05) is 5.32 Å². The maximum absolute atomic E-state index is 13.1. The lowest BCUT2D eigenvalue weighted by atomic mass is 10.2. The second-order valence-electron chi connectivity index (χ2n) is 6.78. The van der Waals surface area contributed by atoms with E-state index in [4.69, 9.17) is 0 Å². The Bertz CT molecular complexity index is 921. The van der Waals surface area contributed by atoms with E-state index in [1.54, 1.807) is 4.57 Å². The van der Waals surface area contributed by atoms with Crippen molar-refractivity contribution in [3.05, 3.63) is 20.8 Å². The summed E-state index contributed by atoms with van der Waals surface area (Å²) >= 11 is 2.53. The lowest BCUT2D eigenvalue weighted by Gasteiger charge is -2.12. The molecule has 0 spiro atoms. The van der Waals surface area contributed by atoms with Gasteiger partial charge in [-0.25, -0.2) is 4.98 Å². The number of hydrogen-bond donors (Lipinski definition) is 1. The third-order valence-corrected chi connectivity index (χ3v) is 6.76. The topological polar surface area (TPSA) is 64.0 Å². The minimum atomic E-state index is -4.45. The molecule has 1 aliphatic rings. The fraction of sp³-hybridized carbons (Fsp3) is 0.611. The van der Waals surface area contributed by atoms with Crippen LogP contribution in [0, 0.1) is 0 Å². The largest absolute Gasteiger partial charge is 0.405 e. The molecule has 0 fully saturated rings. The first-order chi connectivity index (χ1) is 13.3. The van der Waals surface area contributed by atoms with Crippen molar-refractivity contribution in [3.8, 4) is 0 Å². The van der Waals surface area contributed by atoms with Crippen molar-refractivity contribution < 1.29 is 18.0 Å². The summed E-state index contributed by atoms with van der Waals surface area (Å²) in [5.41, 5.74) is 1.000. The standard InChI is InChI=1S/C18H22F3N3O2S2/c1-2-3-4-8-24-16(26)14-11-6-5-7-12(11)28-15(14)23-17(24)27-9-13(25)22-10-18(19,20)21/h2-10H2,1H3,(H,22,25). The number of halogens is 3. The van der Waals surface area contributed by atoms with Gasteiger partial charge < -0.3 is 5.32 Å². The van der Waals surface area contributed by atoms with Crippen LogP contribution in [0.4, 0.5) is 13.2 Å². The SMILES string of the molecule is CCCCCn1c(SCC(=O)NCC(F)(F)F)nc2sc3c(c2c1=O)CCC3. The van der Waals surface area contributed by atoms with Crippen LogP contribution in [0.1, 0.15) is 43.0 Å². The predicted molar refractivity (Wildman–Crippen MR) is 105 cm³/mol. The van der Waals surface area contributed by atoms with E-state index >= 15 is 0 Å². The molecule has 0 saturated heterocycles. The molecule has 10 heteroatoms. The van der Waals surface area contributed by atoms with Gasteiger partial charge in [-0.3, -0.25) is 14.2 Å². The van der Waals surface area contributed by atoms with Gasteiger partial charge in [0.1, 0.15) is 11.4 Å². The summed E-state index contributed by atoms with van der Waals surface area (Å²) in [6.07, 6.45) is 1.20. The van der Waals surface area contributed by atoms with Crippen molar-refractivity contribution in [3.63, 3.8) is 0 Å². The third kappa shape index (κ3) is 4.89. The smallest absolute Gasteiger partial charge is 0.346 e. The van der Waals surface area contributed by atoms with Gasteiger partial charge in [0.05, 0.1) is 11.1 Å². The summed E-state index contributed by atoms with van der Waals surface area (Å²) < 4.78 is 38.3. The van der Waals surface area contributed by atoms with Crippen LogP contribution in [-0.4, -0.2) is 33.9 Å². The number of carbonyl (C=O) groups is 1. The van der Waals surface area contributed by atoms with Crippen molar-refractivity contribution in [1.29, 1.82) is 0 Å². The fourth-order valence-electron chi connectivity index (χ4n) is 3.27. The number of fused-ring (bicyclic) bond motifs is 3. The Balaban J connectivity index is 1.84. The Labute approximate surface area is 168 Å². The van der Waals surface area contributed by atoms with Crippen LogP contribution in [0.15, 0.2) is 9.95 Å². The van der Waals surface area contributed by atoms with E-state index in [-0.39, 0.29) is 11.3 Å². The quantitative estimate of drug-likeness (QED) is 0.390. The molecule has 0 atom stereocenters. The average Bonchev–Trinajstić information content (AvgIpc) is 3.20. The molecule has 1 N–H and O–H groups in total. The number of aryl methyl sites for hydroxylation is 2. The first-order valence-corrected chi connectivity index (χ1v) is 11.1. The molecular formula is C18H22F3N3O2S2. The normalized spacial score (nSPS) is 13.9. The summed E-state index contributed by atoms with van der Waals surface area (Å²) in [5, 5.41) is 2.93. The maximum Gasteiger partial charge on any atom is 0.405 e. The van der Waals surface area contributed by atoms with E-state index in [2.05, 4.69) is 11.9 Å². The summed E-state index contributed by atoms with van der Waals surface area (Å²) in [5.74, 6) is -0.946. The highest BCUT2D eigenvalue weighted by molar-refractivity contribution is 7.99. The van der Waals surface area contributed by atoms with Crippen LogP contribution in [0.25, 0.3) is 10.2 Å². The van der Waals surface area contributed by atoms with Crippen LogP contribution < -0.4 is 10.9 Å². The Kier molecular flexibility index (Phi) is 6.69. The van der Waals surface area contributed by atoms with Gasteiger partial charge >= 0.3 is 6.18 Å². The lowest BCUT2D eigenvalue weighted by molar-refractivity contribution is -0.136. The summed E-state index contributed by atoms with van der Waals surface area (Å²) in [7, 11) is 0. The fourth-order valence-corrected chi connectivity index (χ4v) is 5.42. The summed E-state index contributed by atoms with van der Waals surface area (Å²) in [6, 6.07) is 0. The van der Waals surface area contributed by atoms with Crippen molar-refractivity contribution in [2.45, 2.75) is 63.3 Å². The van der Waals surface area contributed by atoms with Crippen LogP contribution in [0.2, 0.25) is 0 Å². The third-order valence-electron chi connectivity index (χ3n) is 4.59. The van der Waals surface area contributed by atoms with E-state index in [0.717, 1.165) is 55.9 Å². The van der Waals surface area contributed by atoms with Crippen molar-refractivity contribution >= 4 is 39.2 Å². The molecule has 154 valence electrons. The number of carbonyl (C=O) groups excluding carboxylic acids is 1. The highest BCUT2D eigenvalue weighted by Crippen LogP contribution is 2.35. The molecule has 1 amide bonds. The van der Waals surface area contributed by atoms with Gasteiger partial charge in [0.25, 0.3) is 5.56 Å². The van der Waals surface area contributed by atoms with Crippen molar-refractivity contribution in [1.82, 2.24) is 14.9 Å². The van der Waals surface area contributed by atoms with Gasteiger partial charge in [0.15, 0.2) is 5.16 Å². The molecule has 0 bridgehead atoms. The molecule has 0 aromatic carbocycles. The molecule has 1 aliphatic carbocycles. The van der Waals surface area contributed by atoms with E-state index in [0.29, 0.717) is 21.9 Å². The van der Waals surface area contributed by atoms with Gasteiger partial charge in [0.2, 0.25) is 5.91 Å². The number of thiophene rings is 1. The van der Waals surface area contributed by atoms with Crippen LogP contribution >= 0.6 is 23.1 Å². The highest BCUT2D eigenvalue weighted by Gasteiger charge is 2.28. The van der Waals surface area contributed by atoms with E-state index in [9.17, 15) is 22.8 Å². The monoisotopic (exact) mass is 433 g/mol. The van der Waals surface area contributed by atoms with Gasteiger partial charge in [-0.15, -0.1) is 11.3 Å². The molecule has 0 aliphatic heterocycles. The molecule has 3 rings (SSSR count). The van der Waals surface area contributed by atoms with Crippen molar-refractivity contribution in [2.24, 2.45) is 0 Å². The van der Waals surface area contributed by atoms with Crippen LogP contribution in [0.3, 0.4) is 0 Å². The van der Waals surface area contributed by atoms with E-state index in [1.165, 1.54) is 16.2 Å². The molecule has 2 aromatic heterocycles. The molecule has 2 heterocycles. The minimum Gasteiger partial charge on any atom is -0.346 e. The molecule has 5 nitrogen and oxygen atoms in total. The zero-order valence-corrected chi connectivity index (χ0v) is 17.2. The number of unbranched alkanes of at least 4 members (excludes halogenated alkanes) is 2. The number of thioether (sulfide) groups is 1. The first kappa shape index (κ1) is 21.2. The number of aromatic nitrogens is 2. The van der Waals surface area contributed by atoms with E-state index < -0.39 is 18.6 Å². The maximum atomic E-state index is 13.1. The Morgan fingerprint density at radius 1 is 1.32 bits per heavy atom. The molecule has 0 unspecified atom stereocenters. The predicted octanol–water partition coefficient (Wildman–Crippen LogP) is 3.91. The average molecular weight is 434 g/mol. The van der Waals surface area contributed by atoms with Crippen LogP contribution in [0.5, 0.6) is 0 Å². The van der Waals surface area contributed by atoms with Gasteiger partial charge in [-0.2, -0.15) is 13.2 Å². The second kappa shape index (κ2) is 8.86. The molecule has 0 radical (unpaired) electrons. The van der Waals surface area contributed by atoms with Gasteiger partial charge in [0, 0.05) is 11.4 Å². The number of rotatable bonds is 8. The first-order valence-electron chi connectivity index (χ1n) is 9.31. The zero-order valence-electron chi connectivity index (χ0n) is 15.5. The van der Waals surface area contributed by atoms with Gasteiger partial charge in [-0.05, 0) is 31.2 Å². The lowest BCUT2D eigenvalue weighted by Crippen LogP contribution is -2.35. The minimum absolute atomic E-state index is 0.0984. The van der Waals surface area contributed by atoms with Crippen molar-refractivity contribution in [2.75, 3.05) is 12.3 Å². The number of alkyl halides is 3. The number of nitrogens with zero attached hydrogens (tertiary/aromatic N) is 2. The molecular weight excluding hydrogens is 411 g/mol. The van der Waals surface area contributed by atoms with Crippen LogP contribution in [-0.2, 0) is 24.2 Å². The number of hydrogen-bond acceptors (Lipinski definition) is 5. The molecule has 0 saturated carbocycles. The summed E-state index contributed by atoms with van der Waals surface area (Å²) in [4.78, 5) is 31.4. The second-order valence-corrected chi connectivity index (χ2v) is 8.80. The van der Waals surface area contributed by atoms with Gasteiger partial charge in [-0.1, -0.05) is 31.5 Å². The molecule has 28 heavy (non-hydrogen) atoms. The Morgan fingerprint density at radius 3 is 2.82 bits per heavy atom. The zero-order chi connectivity index (χ0) is 20.3. The highest BCUT2D eigenvalue weighted by atomic mass is 32.2. The Morgan fingerprint density at radius 2 is 2.11 bits per heavy atom. The number of nitrogens with one attached hydrogen (secondary N) is 1. The number of amides is 1. The molecule has 2 aromatic rings. The Hall–Kier alpha value is -1.55.